The van der Waals surface area contributed by atoms with Gasteiger partial charge in [-0.1, -0.05) is 0 Å². The summed E-state index contributed by atoms with van der Waals surface area (Å²) in [6.07, 6.45) is 4.19. The highest BCUT2D eigenvalue weighted by atomic mass is 16.6. The second-order valence-corrected chi connectivity index (χ2v) is 8.64. The van der Waals surface area contributed by atoms with E-state index in [1.54, 1.807) is 0 Å². The number of piperidine rings is 1. The van der Waals surface area contributed by atoms with Crippen molar-refractivity contribution in [3.05, 3.63) is 0 Å². The molecule has 2 atom stereocenters. The summed E-state index contributed by atoms with van der Waals surface area (Å²) in [7, 11) is 0. The van der Waals surface area contributed by atoms with Crippen LogP contribution in [0, 0.1) is 5.92 Å². The number of amides is 1. The fourth-order valence-corrected chi connectivity index (χ4v) is 3.46. The Labute approximate surface area is 141 Å². The molecule has 2 fully saturated rings. The topological polar surface area (TPSA) is 50.8 Å². The van der Waals surface area contributed by atoms with Gasteiger partial charge in [-0.2, -0.15) is 0 Å². The van der Waals surface area contributed by atoms with E-state index < -0.39 is 5.60 Å². The third kappa shape index (κ3) is 6.30. The molecule has 5 heteroatoms. The van der Waals surface area contributed by atoms with Gasteiger partial charge in [-0.05, 0) is 72.8 Å². The summed E-state index contributed by atoms with van der Waals surface area (Å²) in [5.74, 6) is 0.516. The number of hydrogen-bond acceptors (Lipinski definition) is 4. The Hall–Kier alpha value is -0.810. The fraction of sp³-hybridized carbons (Fsp3) is 0.944. The normalized spacial score (nSPS) is 28.5. The molecular weight excluding hydrogens is 292 g/mol. The molecule has 5 nitrogen and oxygen atoms in total. The predicted molar refractivity (Wildman–Crippen MR) is 91.6 cm³/mol. The summed E-state index contributed by atoms with van der Waals surface area (Å²) in [4.78, 5) is 14.1. The average molecular weight is 326 g/mol. The van der Waals surface area contributed by atoms with Crippen LogP contribution in [0.1, 0.15) is 60.3 Å². The van der Waals surface area contributed by atoms with Crippen molar-refractivity contribution in [3.63, 3.8) is 0 Å². The Morgan fingerprint density at radius 3 is 2.74 bits per heavy atom. The minimum atomic E-state index is -0.421. The molecule has 1 amide bonds. The minimum Gasteiger partial charge on any atom is -0.444 e. The number of likely N-dealkylation sites (tertiary alicyclic amines) is 1. The molecule has 2 heterocycles. The standard InChI is InChI=1S/C18H34N2O3/c1-17(2,3)23-16(21)20-9-6-7-14(13-20)12-19-15-8-10-22-18(4,5)11-15/h14-15,19H,6-13H2,1-5H3. The van der Waals surface area contributed by atoms with Crippen molar-refractivity contribution in [3.8, 4) is 0 Å². The SMILES string of the molecule is CC(C)(C)OC(=O)N1CCCC(CNC2CCOC(C)(C)C2)C1. The molecule has 134 valence electrons. The molecule has 0 aliphatic carbocycles. The van der Waals surface area contributed by atoms with Crippen molar-refractivity contribution in [2.45, 2.75) is 77.5 Å². The van der Waals surface area contributed by atoms with Gasteiger partial charge in [-0.25, -0.2) is 4.79 Å². The second kappa shape index (κ2) is 7.39. The summed E-state index contributed by atoms with van der Waals surface area (Å²) >= 11 is 0. The molecule has 0 aromatic heterocycles. The van der Waals surface area contributed by atoms with Crippen LogP contribution in [0.25, 0.3) is 0 Å². The zero-order valence-electron chi connectivity index (χ0n) is 15.5. The van der Waals surface area contributed by atoms with Crippen LogP contribution in [-0.2, 0) is 9.47 Å². The van der Waals surface area contributed by atoms with Crippen molar-refractivity contribution in [2.24, 2.45) is 5.92 Å². The van der Waals surface area contributed by atoms with Crippen LogP contribution in [0.3, 0.4) is 0 Å². The number of nitrogens with zero attached hydrogens (tertiary/aromatic N) is 1. The minimum absolute atomic E-state index is 0.0228. The number of carbonyl (C=O) groups is 1. The predicted octanol–water partition coefficient (Wildman–Crippen LogP) is 3.18. The van der Waals surface area contributed by atoms with Gasteiger partial charge in [0.15, 0.2) is 0 Å². The van der Waals surface area contributed by atoms with Crippen LogP contribution < -0.4 is 5.32 Å². The van der Waals surface area contributed by atoms with Gasteiger partial charge < -0.3 is 19.7 Å². The van der Waals surface area contributed by atoms with Gasteiger partial charge in [0, 0.05) is 25.7 Å². The van der Waals surface area contributed by atoms with E-state index in [1.807, 2.05) is 25.7 Å². The molecule has 23 heavy (non-hydrogen) atoms. The second-order valence-electron chi connectivity index (χ2n) is 8.64. The Kier molecular flexibility index (Phi) is 5.95. The van der Waals surface area contributed by atoms with Crippen LogP contribution in [0.4, 0.5) is 4.79 Å². The van der Waals surface area contributed by atoms with Gasteiger partial charge in [-0.15, -0.1) is 0 Å². The highest BCUT2D eigenvalue weighted by Crippen LogP contribution is 2.25. The van der Waals surface area contributed by atoms with E-state index in [1.165, 1.54) is 6.42 Å². The van der Waals surface area contributed by atoms with E-state index >= 15 is 0 Å². The molecule has 0 bridgehead atoms. The summed E-state index contributed by atoms with van der Waals surface area (Å²) in [6, 6.07) is 0.524. The molecular formula is C18H34N2O3. The van der Waals surface area contributed by atoms with Crippen LogP contribution in [-0.4, -0.2) is 54.5 Å². The summed E-state index contributed by atoms with van der Waals surface area (Å²) < 4.78 is 11.3. The Morgan fingerprint density at radius 1 is 1.35 bits per heavy atom. The maximum Gasteiger partial charge on any atom is 0.410 e. The van der Waals surface area contributed by atoms with Crippen molar-refractivity contribution >= 4 is 6.09 Å². The first-order chi connectivity index (χ1) is 10.6. The maximum atomic E-state index is 12.2. The largest absolute Gasteiger partial charge is 0.444 e. The monoisotopic (exact) mass is 326 g/mol. The van der Waals surface area contributed by atoms with Gasteiger partial charge in [0.1, 0.15) is 5.60 Å². The number of nitrogens with one attached hydrogen (secondary N) is 1. The van der Waals surface area contributed by atoms with E-state index in [-0.39, 0.29) is 11.7 Å². The lowest BCUT2D eigenvalue weighted by Gasteiger charge is -2.38. The fourth-order valence-electron chi connectivity index (χ4n) is 3.46. The molecule has 1 N–H and O–H groups in total. The van der Waals surface area contributed by atoms with Gasteiger partial charge in [-0.3, -0.25) is 0 Å². The maximum absolute atomic E-state index is 12.2. The van der Waals surface area contributed by atoms with Crippen LogP contribution in [0.5, 0.6) is 0 Å². The Bertz CT molecular complexity index is 404. The lowest BCUT2D eigenvalue weighted by Crippen LogP contribution is -2.48. The van der Waals surface area contributed by atoms with Crippen molar-refractivity contribution in [2.75, 3.05) is 26.2 Å². The number of ether oxygens (including phenoxy) is 2. The van der Waals surface area contributed by atoms with Gasteiger partial charge in [0.05, 0.1) is 5.60 Å². The molecule has 0 spiro atoms. The average Bonchev–Trinajstić information content (AvgIpc) is 2.43. The molecule has 0 saturated carbocycles. The third-order valence-electron chi connectivity index (χ3n) is 4.56. The molecule has 0 radical (unpaired) electrons. The molecule has 0 aromatic carbocycles. The number of hydrogen-bond donors (Lipinski definition) is 1. The Balaban J connectivity index is 1.77. The highest BCUT2D eigenvalue weighted by molar-refractivity contribution is 5.68. The Morgan fingerprint density at radius 2 is 2.09 bits per heavy atom. The van der Waals surface area contributed by atoms with Gasteiger partial charge in [0.2, 0.25) is 0 Å². The van der Waals surface area contributed by atoms with E-state index in [0.717, 1.165) is 45.5 Å². The van der Waals surface area contributed by atoms with Crippen molar-refractivity contribution in [1.29, 1.82) is 0 Å². The molecule has 2 rings (SSSR count). The first-order valence-electron chi connectivity index (χ1n) is 9.00. The zero-order chi connectivity index (χ0) is 17.1. The van der Waals surface area contributed by atoms with E-state index in [9.17, 15) is 4.79 Å². The molecule has 2 unspecified atom stereocenters. The first-order valence-corrected chi connectivity index (χ1v) is 9.00. The van der Waals surface area contributed by atoms with Gasteiger partial charge in [0.25, 0.3) is 0 Å². The lowest BCUT2D eigenvalue weighted by atomic mass is 9.92. The zero-order valence-corrected chi connectivity index (χ0v) is 15.5. The lowest BCUT2D eigenvalue weighted by molar-refractivity contribution is -0.0634. The third-order valence-corrected chi connectivity index (χ3v) is 4.56. The van der Waals surface area contributed by atoms with E-state index in [0.29, 0.717) is 12.0 Å². The quantitative estimate of drug-likeness (QED) is 0.865. The summed E-state index contributed by atoms with van der Waals surface area (Å²) in [5.41, 5.74) is -0.443. The van der Waals surface area contributed by atoms with Crippen molar-refractivity contribution in [1.82, 2.24) is 10.2 Å². The smallest absolute Gasteiger partial charge is 0.410 e. The molecule has 2 saturated heterocycles. The van der Waals surface area contributed by atoms with Crippen molar-refractivity contribution < 1.29 is 14.3 Å². The van der Waals surface area contributed by atoms with Crippen LogP contribution in [0.2, 0.25) is 0 Å². The molecule has 2 aliphatic heterocycles. The van der Waals surface area contributed by atoms with Crippen LogP contribution in [0.15, 0.2) is 0 Å². The van der Waals surface area contributed by atoms with E-state index in [4.69, 9.17) is 9.47 Å². The van der Waals surface area contributed by atoms with Crippen LogP contribution >= 0.6 is 0 Å². The van der Waals surface area contributed by atoms with E-state index in [2.05, 4.69) is 19.2 Å². The molecule has 0 aromatic rings. The number of carbonyl (C=O) groups excluding carboxylic acids is 1. The summed E-state index contributed by atoms with van der Waals surface area (Å²) in [5, 5.41) is 3.70. The number of rotatable bonds is 3. The highest BCUT2D eigenvalue weighted by Gasteiger charge is 2.31. The summed E-state index contributed by atoms with van der Waals surface area (Å²) in [6.45, 7) is 13.5. The first kappa shape index (κ1) is 18.5. The van der Waals surface area contributed by atoms with Gasteiger partial charge >= 0.3 is 6.09 Å². The molecule has 2 aliphatic rings.